The minimum Gasteiger partial charge on any atom is -0.493 e. The highest BCUT2D eigenvalue weighted by atomic mass is 16.5. The van der Waals surface area contributed by atoms with Crippen molar-refractivity contribution >= 4 is 11.6 Å². The van der Waals surface area contributed by atoms with Crippen molar-refractivity contribution in [1.29, 1.82) is 0 Å². The van der Waals surface area contributed by atoms with Gasteiger partial charge < -0.3 is 14.8 Å². The molecule has 7 heteroatoms. The lowest BCUT2D eigenvalue weighted by atomic mass is 9.84. The second-order valence-corrected chi connectivity index (χ2v) is 8.14. The Hall–Kier alpha value is -4.13. The molecule has 1 N–H and O–H groups in total. The van der Waals surface area contributed by atoms with Crippen LogP contribution >= 0.6 is 0 Å². The predicted molar refractivity (Wildman–Crippen MR) is 125 cm³/mol. The van der Waals surface area contributed by atoms with Gasteiger partial charge in [0.05, 0.1) is 12.3 Å². The molecule has 0 saturated carbocycles. The zero-order valence-electron chi connectivity index (χ0n) is 18.4. The molecule has 2 aliphatic heterocycles. The molecule has 0 radical (unpaired) electrons. The van der Waals surface area contributed by atoms with Gasteiger partial charge in [0.25, 0.3) is 0 Å². The number of rotatable bonds is 4. The smallest absolute Gasteiger partial charge is 0.226 e. The van der Waals surface area contributed by atoms with Gasteiger partial charge in [0, 0.05) is 29.1 Å². The van der Waals surface area contributed by atoms with Crippen molar-refractivity contribution in [2.24, 2.45) is 0 Å². The van der Waals surface area contributed by atoms with Crippen LogP contribution in [0.5, 0.6) is 11.5 Å². The lowest BCUT2D eigenvalue weighted by Crippen LogP contribution is -2.32. The molecule has 0 fully saturated rings. The van der Waals surface area contributed by atoms with E-state index in [0.717, 1.165) is 45.0 Å². The van der Waals surface area contributed by atoms with E-state index in [4.69, 9.17) is 9.47 Å². The van der Waals surface area contributed by atoms with Crippen LogP contribution in [0.25, 0.3) is 5.70 Å². The largest absolute Gasteiger partial charge is 0.493 e. The summed E-state index contributed by atoms with van der Waals surface area (Å²) in [5.74, 6) is 2.32. The second kappa shape index (κ2) is 7.78. The van der Waals surface area contributed by atoms with Gasteiger partial charge in [-0.2, -0.15) is 10.1 Å². The van der Waals surface area contributed by atoms with E-state index in [1.54, 1.807) is 12.5 Å². The molecule has 2 atom stereocenters. The Morgan fingerprint density at radius 3 is 2.88 bits per heavy atom. The third kappa shape index (κ3) is 3.16. The van der Waals surface area contributed by atoms with Gasteiger partial charge in [0.1, 0.15) is 23.9 Å². The van der Waals surface area contributed by atoms with Crippen LogP contribution in [0.15, 0.2) is 78.9 Å². The van der Waals surface area contributed by atoms with Gasteiger partial charge in [-0.05, 0) is 43.7 Å². The molecule has 7 nitrogen and oxygen atoms in total. The van der Waals surface area contributed by atoms with Crippen LogP contribution < -0.4 is 14.8 Å². The lowest BCUT2D eigenvalue weighted by molar-refractivity contribution is 0.215. The average Bonchev–Trinajstić information content (AvgIpc) is 3.32. The van der Waals surface area contributed by atoms with Crippen molar-refractivity contribution in [2.45, 2.75) is 26.0 Å². The number of aryl methyl sites for hydroxylation is 1. The van der Waals surface area contributed by atoms with E-state index < -0.39 is 0 Å². The van der Waals surface area contributed by atoms with Crippen molar-refractivity contribution in [3.05, 3.63) is 101 Å². The van der Waals surface area contributed by atoms with Crippen molar-refractivity contribution < 1.29 is 9.47 Å². The molecule has 164 valence electrons. The number of hydrogen-bond donors (Lipinski definition) is 1. The molecular weight excluding hydrogens is 414 g/mol. The summed E-state index contributed by atoms with van der Waals surface area (Å²) in [6.07, 6.45) is 4.85. The number of benzene rings is 2. The first kappa shape index (κ1) is 19.5. The molecule has 33 heavy (non-hydrogen) atoms. The third-order valence-electron chi connectivity index (χ3n) is 6.07. The standard InChI is InChI=1S/C26H23N5O2/c1-3-32-20-9-5-4-8-18(20)25-22-23(19-13-16(2)10-11-21(19)33-25)30-26-28-15-29-31(26)24(22)17-7-6-12-27-14-17/h4-15,24-25H,3H2,1-2H3,(H,28,29,30)/t24-,25-/m1/s1. The zero-order chi connectivity index (χ0) is 22.4. The Bertz CT molecular complexity index is 1360. The molecule has 2 aromatic heterocycles. The number of ether oxygens (including phenoxy) is 2. The summed E-state index contributed by atoms with van der Waals surface area (Å²) in [5.41, 5.74) is 6.19. The summed E-state index contributed by atoms with van der Waals surface area (Å²) < 4.78 is 14.6. The average molecular weight is 438 g/mol. The van der Waals surface area contributed by atoms with Crippen LogP contribution in [0.1, 0.15) is 41.3 Å². The van der Waals surface area contributed by atoms with Crippen LogP contribution in [0, 0.1) is 6.92 Å². The molecule has 6 rings (SSSR count). The summed E-state index contributed by atoms with van der Waals surface area (Å²) >= 11 is 0. The fourth-order valence-corrected chi connectivity index (χ4v) is 4.68. The molecule has 0 bridgehead atoms. The molecule has 0 spiro atoms. The molecule has 0 amide bonds. The second-order valence-electron chi connectivity index (χ2n) is 8.14. The fraction of sp³-hybridized carbons (Fsp3) is 0.192. The summed E-state index contributed by atoms with van der Waals surface area (Å²) in [5, 5.41) is 8.10. The first-order chi connectivity index (χ1) is 16.2. The van der Waals surface area contributed by atoms with Gasteiger partial charge in [-0.3, -0.25) is 4.98 Å². The van der Waals surface area contributed by atoms with E-state index in [1.807, 2.05) is 48.1 Å². The number of para-hydroxylation sites is 1. The third-order valence-corrected chi connectivity index (χ3v) is 6.07. The summed E-state index contributed by atoms with van der Waals surface area (Å²) in [6, 6.07) is 18.1. The van der Waals surface area contributed by atoms with Crippen LogP contribution in [0.2, 0.25) is 0 Å². The van der Waals surface area contributed by atoms with E-state index in [2.05, 4.69) is 51.6 Å². The molecule has 0 aliphatic carbocycles. The number of nitrogens with one attached hydrogen (secondary N) is 1. The summed E-state index contributed by atoms with van der Waals surface area (Å²) in [7, 11) is 0. The zero-order valence-corrected chi connectivity index (χ0v) is 18.4. The van der Waals surface area contributed by atoms with Gasteiger partial charge in [-0.25, -0.2) is 4.68 Å². The SMILES string of the molecule is CCOc1ccccc1[C@H]1Oc2ccc(C)cc2C2=C1[C@@H](c1cccnc1)n1ncnc1N2. The van der Waals surface area contributed by atoms with E-state index in [0.29, 0.717) is 12.6 Å². The van der Waals surface area contributed by atoms with Crippen LogP contribution in [-0.4, -0.2) is 26.4 Å². The maximum atomic E-state index is 6.71. The number of hydrogen-bond acceptors (Lipinski definition) is 6. The number of aromatic nitrogens is 4. The maximum Gasteiger partial charge on any atom is 0.226 e. The number of anilines is 1. The lowest BCUT2D eigenvalue weighted by Gasteiger charge is -2.39. The van der Waals surface area contributed by atoms with E-state index in [9.17, 15) is 0 Å². The Balaban J connectivity index is 1.64. The Morgan fingerprint density at radius 1 is 1.12 bits per heavy atom. The monoisotopic (exact) mass is 437 g/mol. The van der Waals surface area contributed by atoms with Crippen molar-refractivity contribution in [3.63, 3.8) is 0 Å². The minimum atomic E-state index is -0.381. The van der Waals surface area contributed by atoms with Crippen molar-refractivity contribution in [3.8, 4) is 11.5 Å². The number of nitrogens with zero attached hydrogens (tertiary/aromatic N) is 4. The van der Waals surface area contributed by atoms with E-state index >= 15 is 0 Å². The van der Waals surface area contributed by atoms with Gasteiger partial charge >= 0.3 is 0 Å². The molecule has 4 heterocycles. The topological polar surface area (TPSA) is 74.1 Å². The summed E-state index contributed by atoms with van der Waals surface area (Å²) in [4.78, 5) is 8.87. The predicted octanol–water partition coefficient (Wildman–Crippen LogP) is 4.94. The molecule has 0 unspecified atom stereocenters. The number of pyridine rings is 1. The Kier molecular flexibility index (Phi) is 4.61. The first-order valence-electron chi connectivity index (χ1n) is 11.0. The molecule has 2 aliphatic rings. The van der Waals surface area contributed by atoms with Crippen molar-refractivity contribution in [2.75, 3.05) is 11.9 Å². The molecule has 2 aromatic carbocycles. The van der Waals surface area contributed by atoms with Gasteiger partial charge in [0.2, 0.25) is 5.95 Å². The van der Waals surface area contributed by atoms with Crippen molar-refractivity contribution in [1.82, 2.24) is 19.7 Å². The fourth-order valence-electron chi connectivity index (χ4n) is 4.68. The van der Waals surface area contributed by atoms with Gasteiger partial charge in [-0.1, -0.05) is 35.9 Å². The normalized spacial score (nSPS) is 18.5. The maximum absolute atomic E-state index is 6.71. The van der Waals surface area contributed by atoms with E-state index in [-0.39, 0.29) is 12.1 Å². The quantitative estimate of drug-likeness (QED) is 0.487. The van der Waals surface area contributed by atoms with Gasteiger partial charge in [-0.15, -0.1) is 0 Å². The van der Waals surface area contributed by atoms with E-state index in [1.165, 1.54) is 0 Å². The summed E-state index contributed by atoms with van der Waals surface area (Å²) in [6.45, 7) is 4.65. The van der Waals surface area contributed by atoms with Crippen LogP contribution in [-0.2, 0) is 0 Å². The Morgan fingerprint density at radius 2 is 2.03 bits per heavy atom. The first-order valence-corrected chi connectivity index (χ1v) is 11.0. The van der Waals surface area contributed by atoms with Gasteiger partial charge in [0.15, 0.2) is 6.10 Å². The molecule has 0 saturated heterocycles. The number of fused-ring (bicyclic) bond motifs is 3. The Labute approximate surface area is 191 Å². The molecule has 4 aromatic rings. The molecular formula is C26H23N5O2. The highest BCUT2D eigenvalue weighted by molar-refractivity contribution is 5.85. The van der Waals surface area contributed by atoms with Crippen LogP contribution in [0.3, 0.4) is 0 Å². The highest BCUT2D eigenvalue weighted by Crippen LogP contribution is 2.51. The van der Waals surface area contributed by atoms with Crippen LogP contribution in [0.4, 0.5) is 5.95 Å². The highest BCUT2D eigenvalue weighted by Gasteiger charge is 2.41. The minimum absolute atomic E-state index is 0.235.